The normalized spacial score (nSPS) is 15.6. The predicted molar refractivity (Wildman–Crippen MR) is 117 cm³/mol. The van der Waals surface area contributed by atoms with Gasteiger partial charge in [0.25, 0.3) is 0 Å². The number of pyridine rings is 1. The molecule has 7 nitrogen and oxygen atoms in total. The number of ether oxygens (including phenoxy) is 1. The number of carbonyl (C=O) groups is 1. The molecule has 14 heteroatoms. The number of fused-ring (bicyclic) bond motifs is 1. The summed E-state index contributed by atoms with van der Waals surface area (Å²) in [7, 11) is -6.16. The molecular weight excluding hydrogens is 518 g/mol. The number of hydrogen-bond acceptors (Lipinski definition) is 6. The Bertz CT molecular complexity index is 1330. The molecule has 36 heavy (non-hydrogen) atoms. The highest BCUT2D eigenvalue weighted by Crippen LogP contribution is 2.41. The van der Waals surface area contributed by atoms with Crippen molar-refractivity contribution < 1.29 is 48.5 Å². The molecule has 2 heterocycles. The van der Waals surface area contributed by atoms with E-state index >= 15 is 0 Å². The van der Waals surface area contributed by atoms with Crippen LogP contribution in [0.5, 0.6) is 5.75 Å². The molecule has 2 aromatic rings. The third-order valence-corrected chi connectivity index (χ3v) is 5.99. The van der Waals surface area contributed by atoms with Crippen molar-refractivity contribution in [3.8, 4) is 5.75 Å². The molecule has 1 aromatic carbocycles. The van der Waals surface area contributed by atoms with Gasteiger partial charge >= 0.3 is 27.9 Å². The van der Waals surface area contributed by atoms with Gasteiger partial charge < -0.3 is 13.8 Å². The van der Waals surface area contributed by atoms with Crippen LogP contribution >= 0.6 is 0 Å². The van der Waals surface area contributed by atoms with E-state index in [1.54, 1.807) is 20.8 Å². The average Bonchev–Trinajstić information content (AvgIpc) is 2.70. The Balaban J connectivity index is 2.12. The van der Waals surface area contributed by atoms with Gasteiger partial charge in [0, 0.05) is 30.2 Å². The van der Waals surface area contributed by atoms with Crippen LogP contribution in [-0.4, -0.2) is 48.6 Å². The van der Waals surface area contributed by atoms with Crippen molar-refractivity contribution >= 4 is 32.7 Å². The zero-order valence-electron chi connectivity index (χ0n) is 19.5. The summed E-state index contributed by atoms with van der Waals surface area (Å²) in [5.41, 5.74) is -8.42. The molecule has 1 aromatic heterocycles. The van der Waals surface area contributed by atoms with E-state index < -0.39 is 55.7 Å². The Morgan fingerprint density at radius 2 is 1.69 bits per heavy atom. The van der Waals surface area contributed by atoms with Crippen molar-refractivity contribution in [1.82, 2.24) is 9.88 Å². The maximum Gasteiger partial charge on any atom is 0.534 e. The van der Waals surface area contributed by atoms with Gasteiger partial charge in [-0.2, -0.15) is 34.8 Å². The fourth-order valence-corrected chi connectivity index (χ4v) is 3.95. The highest BCUT2D eigenvalue weighted by atomic mass is 32.2. The number of nitrogens with zero attached hydrogens (tertiary/aromatic N) is 2. The lowest BCUT2D eigenvalue weighted by atomic mass is 9.95. The molecule has 0 fully saturated rings. The molecular formula is C22H22F6N2O5S. The monoisotopic (exact) mass is 540 g/mol. The zero-order valence-corrected chi connectivity index (χ0v) is 20.4. The third-order valence-electron chi connectivity index (χ3n) is 5.02. The molecule has 3 rings (SSSR count). The molecule has 0 aliphatic carbocycles. The van der Waals surface area contributed by atoms with Crippen molar-refractivity contribution in [2.75, 3.05) is 13.1 Å². The van der Waals surface area contributed by atoms with Gasteiger partial charge in [-0.15, -0.1) is 0 Å². The zero-order chi connectivity index (χ0) is 27.3. The molecule has 0 atom stereocenters. The van der Waals surface area contributed by atoms with Gasteiger partial charge in [0.1, 0.15) is 5.60 Å². The minimum absolute atomic E-state index is 0.0155. The first-order chi connectivity index (χ1) is 16.3. The standard InChI is InChI=1S/C22H22F6N2O5S/c1-12-9-17(35-36(32,33)22(26,27)28)15-10-14(11-16(18(15)29-12)21(23,24)25)13-5-7-30(8-6-13)19(31)34-20(2,3)4/h5,9-11H,6-8H2,1-4H3. The van der Waals surface area contributed by atoms with Crippen molar-refractivity contribution in [1.29, 1.82) is 0 Å². The Morgan fingerprint density at radius 3 is 2.19 bits per heavy atom. The van der Waals surface area contributed by atoms with Gasteiger partial charge in [0.2, 0.25) is 0 Å². The molecule has 0 N–H and O–H groups in total. The van der Waals surface area contributed by atoms with E-state index in [1.165, 1.54) is 17.9 Å². The molecule has 1 amide bonds. The lowest BCUT2D eigenvalue weighted by Gasteiger charge is -2.30. The first-order valence-corrected chi connectivity index (χ1v) is 11.9. The number of amides is 1. The summed E-state index contributed by atoms with van der Waals surface area (Å²) >= 11 is 0. The van der Waals surface area contributed by atoms with E-state index in [4.69, 9.17) is 4.74 Å². The molecule has 0 saturated carbocycles. The minimum Gasteiger partial charge on any atom is -0.444 e. The maximum atomic E-state index is 13.9. The van der Waals surface area contributed by atoms with Crippen LogP contribution in [0.3, 0.4) is 0 Å². The summed E-state index contributed by atoms with van der Waals surface area (Å²) in [6.45, 7) is 6.35. The summed E-state index contributed by atoms with van der Waals surface area (Å²) in [5, 5.41) is -0.561. The van der Waals surface area contributed by atoms with E-state index in [9.17, 15) is 39.6 Å². The number of alkyl halides is 6. The molecule has 0 bridgehead atoms. The Morgan fingerprint density at radius 1 is 1.06 bits per heavy atom. The Labute approximate surface area is 202 Å². The van der Waals surface area contributed by atoms with E-state index in [-0.39, 0.29) is 30.8 Å². The second-order valence-corrected chi connectivity index (χ2v) is 10.6. The van der Waals surface area contributed by atoms with E-state index in [1.807, 2.05) is 0 Å². The molecule has 198 valence electrons. The number of carbonyl (C=O) groups excluding carboxylic acids is 1. The van der Waals surface area contributed by atoms with Gasteiger partial charge in [0.05, 0.1) is 11.1 Å². The quantitative estimate of drug-likeness (QED) is 0.277. The van der Waals surface area contributed by atoms with E-state index in [0.717, 1.165) is 18.2 Å². The fraction of sp³-hybridized carbons (Fsp3) is 0.455. The first kappa shape index (κ1) is 27.6. The Kier molecular flexibility index (Phi) is 6.98. The predicted octanol–water partition coefficient (Wildman–Crippen LogP) is 5.81. The Hall–Kier alpha value is -3.03. The maximum absolute atomic E-state index is 13.9. The number of halogens is 6. The fourth-order valence-electron chi connectivity index (χ4n) is 3.48. The average molecular weight is 540 g/mol. The molecule has 0 saturated heterocycles. The molecule has 1 aliphatic heterocycles. The van der Waals surface area contributed by atoms with Crippen molar-refractivity contribution in [3.05, 3.63) is 41.1 Å². The second-order valence-electron chi connectivity index (χ2n) is 9.07. The molecule has 1 aliphatic rings. The van der Waals surface area contributed by atoms with Crippen LogP contribution in [-0.2, 0) is 21.0 Å². The smallest absolute Gasteiger partial charge is 0.444 e. The lowest BCUT2D eigenvalue weighted by molar-refractivity contribution is -0.136. The van der Waals surface area contributed by atoms with Crippen molar-refractivity contribution in [2.24, 2.45) is 0 Å². The largest absolute Gasteiger partial charge is 0.534 e. The van der Waals surface area contributed by atoms with Crippen LogP contribution in [0, 0.1) is 6.92 Å². The van der Waals surface area contributed by atoms with E-state index in [0.29, 0.717) is 5.57 Å². The van der Waals surface area contributed by atoms with Crippen LogP contribution in [0.2, 0.25) is 0 Å². The van der Waals surface area contributed by atoms with Gasteiger partial charge in [-0.1, -0.05) is 6.08 Å². The van der Waals surface area contributed by atoms with Crippen LogP contribution in [0.15, 0.2) is 24.3 Å². The summed E-state index contributed by atoms with van der Waals surface area (Å²) in [5.74, 6) is -0.936. The highest BCUT2D eigenvalue weighted by molar-refractivity contribution is 7.88. The molecule has 0 unspecified atom stereocenters. The van der Waals surface area contributed by atoms with Gasteiger partial charge in [0.15, 0.2) is 5.75 Å². The summed E-state index contributed by atoms with van der Waals surface area (Å²) < 4.78 is 113. The summed E-state index contributed by atoms with van der Waals surface area (Å²) in [4.78, 5) is 17.4. The number of aryl methyl sites for hydroxylation is 1. The van der Waals surface area contributed by atoms with Crippen molar-refractivity contribution in [2.45, 2.75) is 51.4 Å². The minimum atomic E-state index is -6.16. The lowest BCUT2D eigenvalue weighted by Crippen LogP contribution is -2.39. The summed E-state index contributed by atoms with van der Waals surface area (Å²) in [6.07, 6.45) is -3.98. The van der Waals surface area contributed by atoms with Crippen LogP contribution in [0.4, 0.5) is 31.1 Å². The highest BCUT2D eigenvalue weighted by Gasteiger charge is 2.49. The first-order valence-electron chi connectivity index (χ1n) is 10.5. The van der Waals surface area contributed by atoms with Crippen LogP contribution in [0.1, 0.15) is 44.0 Å². The van der Waals surface area contributed by atoms with Gasteiger partial charge in [-0.3, -0.25) is 4.98 Å². The number of rotatable bonds is 3. The summed E-state index contributed by atoms with van der Waals surface area (Å²) in [6, 6.07) is 2.69. The van der Waals surface area contributed by atoms with E-state index in [2.05, 4.69) is 9.17 Å². The topological polar surface area (TPSA) is 85.8 Å². The second kappa shape index (κ2) is 9.12. The third kappa shape index (κ3) is 6.02. The number of hydrogen-bond donors (Lipinski definition) is 0. The van der Waals surface area contributed by atoms with Crippen LogP contribution < -0.4 is 4.18 Å². The molecule has 0 spiro atoms. The van der Waals surface area contributed by atoms with Gasteiger partial charge in [-0.05, 0) is 57.4 Å². The number of benzene rings is 1. The molecule has 0 radical (unpaired) electrons. The SMILES string of the molecule is Cc1cc(OS(=O)(=O)C(F)(F)F)c2cc(C3=CCN(C(=O)OC(C)(C)C)CC3)cc(C(F)(F)F)c2n1. The van der Waals surface area contributed by atoms with Gasteiger partial charge in [-0.25, -0.2) is 4.79 Å². The van der Waals surface area contributed by atoms with Crippen molar-refractivity contribution in [3.63, 3.8) is 0 Å². The number of aromatic nitrogens is 1. The van der Waals surface area contributed by atoms with Crippen LogP contribution in [0.25, 0.3) is 16.5 Å².